The normalized spacial score (nSPS) is 11.6. The molecule has 2 aromatic heterocycles. The van der Waals surface area contributed by atoms with E-state index in [4.69, 9.17) is 11.6 Å². The molecule has 1 aromatic carbocycles. The van der Waals surface area contributed by atoms with Crippen LogP contribution in [-0.4, -0.2) is 29.7 Å². The van der Waals surface area contributed by atoms with Crippen LogP contribution in [-0.2, 0) is 22.3 Å². The zero-order valence-electron chi connectivity index (χ0n) is 13.3. The number of hydrogen-bond donors (Lipinski definition) is 1. The highest BCUT2D eigenvalue weighted by Gasteiger charge is 2.13. The molecule has 2 heterocycles. The Hall–Kier alpha value is -2.22. The molecule has 0 aliphatic carbocycles. The Morgan fingerprint density at radius 3 is 2.60 bits per heavy atom. The van der Waals surface area contributed by atoms with Crippen molar-refractivity contribution >= 4 is 21.6 Å². The highest BCUT2D eigenvalue weighted by atomic mass is 35.5. The fourth-order valence-electron chi connectivity index (χ4n) is 2.35. The minimum atomic E-state index is -3.46. The number of rotatable bonds is 7. The zero-order valence-corrected chi connectivity index (χ0v) is 14.9. The van der Waals surface area contributed by atoms with Gasteiger partial charge >= 0.3 is 0 Å². The second kappa shape index (κ2) is 7.77. The van der Waals surface area contributed by atoms with Crippen molar-refractivity contribution in [3.05, 3.63) is 71.6 Å². The second-order valence-corrected chi connectivity index (χ2v) is 7.66. The van der Waals surface area contributed by atoms with Crippen LogP contribution < -0.4 is 4.72 Å². The average Bonchev–Trinajstić information content (AvgIpc) is 3.06. The van der Waals surface area contributed by atoms with E-state index in [2.05, 4.69) is 14.8 Å². The van der Waals surface area contributed by atoms with Crippen molar-refractivity contribution in [2.24, 2.45) is 0 Å². The van der Waals surface area contributed by atoms with E-state index >= 15 is 0 Å². The van der Waals surface area contributed by atoms with Crippen LogP contribution in [0.4, 0.5) is 0 Å². The van der Waals surface area contributed by atoms with Gasteiger partial charge in [-0.05, 0) is 29.8 Å². The summed E-state index contributed by atoms with van der Waals surface area (Å²) in [5.41, 5.74) is 2.37. The number of aromatic nitrogens is 3. The van der Waals surface area contributed by atoms with E-state index in [1.807, 2.05) is 24.4 Å². The number of sulfonamides is 1. The summed E-state index contributed by atoms with van der Waals surface area (Å²) in [4.78, 5) is 3.97. The third-order valence-corrected chi connectivity index (χ3v) is 5.29. The summed E-state index contributed by atoms with van der Waals surface area (Å²) >= 11 is 6.01. The minimum Gasteiger partial charge on any atom is -0.271 e. The summed E-state index contributed by atoms with van der Waals surface area (Å²) in [7, 11) is -3.46. The number of nitrogens with zero attached hydrogens (tertiary/aromatic N) is 3. The van der Waals surface area contributed by atoms with Gasteiger partial charge in [-0.1, -0.05) is 29.8 Å². The van der Waals surface area contributed by atoms with Gasteiger partial charge in [0.25, 0.3) is 0 Å². The molecule has 3 rings (SSSR count). The largest absolute Gasteiger partial charge is 0.271 e. The van der Waals surface area contributed by atoms with E-state index in [-0.39, 0.29) is 12.3 Å². The molecule has 0 bridgehead atoms. The summed E-state index contributed by atoms with van der Waals surface area (Å²) in [6.45, 7) is 0.692. The summed E-state index contributed by atoms with van der Waals surface area (Å²) in [5, 5.41) is 4.88. The van der Waals surface area contributed by atoms with E-state index in [1.165, 1.54) is 0 Å². The lowest BCUT2D eigenvalue weighted by molar-refractivity contribution is 0.560. The van der Waals surface area contributed by atoms with Gasteiger partial charge in [-0.2, -0.15) is 5.10 Å². The lowest BCUT2D eigenvalue weighted by Crippen LogP contribution is -2.28. The molecular formula is C17H17ClN4O2S. The Morgan fingerprint density at radius 2 is 1.84 bits per heavy atom. The fourth-order valence-corrected chi connectivity index (χ4v) is 3.80. The van der Waals surface area contributed by atoms with Crippen LogP contribution in [0.25, 0.3) is 11.3 Å². The highest BCUT2D eigenvalue weighted by molar-refractivity contribution is 7.88. The molecule has 0 aliphatic heterocycles. The lowest BCUT2D eigenvalue weighted by atomic mass is 10.2. The SMILES string of the molecule is O=S(=O)(Cc1ccccc1Cl)NCCn1ccc(-c2ccncc2)n1. The Kier molecular flexibility index (Phi) is 5.47. The predicted molar refractivity (Wildman–Crippen MR) is 97.5 cm³/mol. The first-order valence-corrected chi connectivity index (χ1v) is 9.71. The molecule has 0 unspecified atom stereocenters. The lowest BCUT2D eigenvalue weighted by Gasteiger charge is -2.08. The molecule has 1 N–H and O–H groups in total. The number of nitrogens with one attached hydrogen (secondary N) is 1. The molecule has 0 aliphatic rings. The molecule has 8 heteroatoms. The third-order valence-electron chi connectivity index (χ3n) is 3.58. The van der Waals surface area contributed by atoms with Gasteiger partial charge in [-0.25, -0.2) is 13.1 Å². The Labute approximate surface area is 151 Å². The highest BCUT2D eigenvalue weighted by Crippen LogP contribution is 2.17. The number of benzene rings is 1. The van der Waals surface area contributed by atoms with Crippen LogP contribution in [0.5, 0.6) is 0 Å². The van der Waals surface area contributed by atoms with Crippen molar-refractivity contribution in [2.45, 2.75) is 12.3 Å². The van der Waals surface area contributed by atoms with Crippen LogP contribution in [0, 0.1) is 0 Å². The van der Waals surface area contributed by atoms with Crippen LogP contribution in [0.15, 0.2) is 61.1 Å². The fraction of sp³-hybridized carbons (Fsp3) is 0.176. The van der Waals surface area contributed by atoms with Crippen LogP contribution in [0.3, 0.4) is 0 Å². The molecule has 130 valence electrons. The van der Waals surface area contributed by atoms with E-state index < -0.39 is 10.0 Å². The van der Waals surface area contributed by atoms with E-state index in [1.54, 1.807) is 41.3 Å². The summed E-state index contributed by atoms with van der Waals surface area (Å²) in [6.07, 6.45) is 5.23. The van der Waals surface area contributed by atoms with Gasteiger partial charge in [-0.3, -0.25) is 9.67 Å². The first kappa shape index (κ1) is 17.6. The van der Waals surface area contributed by atoms with Gasteiger partial charge in [0.2, 0.25) is 10.0 Å². The smallest absolute Gasteiger partial charge is 0.215 e. The van der Waals surface area contributed by atoms with Crippen molar-refractivity contribution in [3.8, 4) is 11.3 Å². The third kappa shape index (κ3) is 4.88. The molecule has 0 saturated heterocycles. The maximum Gasteiger partial charge on any atom is 0.215 e. The summed E-state index contributed by atoms with van der Waals surface area (Å²) < 4.78 is 28.6. The number of pyridine rings is 1. The molecule has 0 radical (unpaired) electrons. The van der Waals surface area contributed by atoms with E-state index in [0.717, 1.165) is 11.3 Å². The Bertz CT molecular complexity index is 942. The topological polar surface area (TPSA) is 76.9 Å². The second-order valence-electron chi connectivity index (χ2n) is 5.44. The van der Waals surface area contributed by atoms with Gasteiger partial charge in [-0.15, -0.1) is 0 Å². The molecule has 6 nitrogen and oxygen atoms in total. The summed E-state index contributed by atoms with van der Waals surface area (Å²) in [6, 6.07) is 12.5. The average molecular weight is 377 g/mol. The van der Waals surface area contributed by atoms with E-state index in [9.17, 15) is 8.42 Å². The maximum absolute atomic E-state index is 12.2. The van der Waals surface area contributed by atoms with Crippen LogP contribution >= 0.6 is 11.6 Å². The Morgan fingerprint density at radius 1 is 1.08 bits per heavy atom. The quantitative estimate of drug-likeness (QED) is 0.687. The zero-order chi connectivity index (χ0) is 17.7. The maximum atomic E-state index is 12.2. The number of hydrogen-bond acceptors (Lipinski definition) is 4. The van der Waals surface area contributed by atoms with Gasteiger partial charge in [0, 0.05) is 35.7 Å². The molecule has 0 atom stereocenters. The van der Waals surface area contributed by atoms with Crippen molar-refractivity contribution in [3.63, 3.8) is 0 Å². The first-order chi connectivity index (χ1) is 12.0. The van der Waals surface area contributed by atoms with Crippen LogP contribution in [0.2, 0.25) is 5.02 Å². The Balaban J connectivity index is 1.56. The molecule has 0 fully saturated rings. The molecular weight excluding hydrogens is 360 g/mol. The monoisotopic (exact) mass is 376 g/mol. The van der Waals surface area contributed by atoms with Crippen molar-refractivity contribution < 1.29 is 8.42 Å². The minimum absolute atomic E-state index is 0.145. The van der Waals surface area contributed by atoms with Gasteiger partial charge in [0.15, 0.2) is 0 Å². The van der Waals surface area contributed by atoms with Crippen molar-refractivity contribution in [1.29, 1.82) is 0 Å². The van der Waals surface area contributed by atoms with Gasteiger partial charge < -0.3 is 0 Å². The number of halogens is 1. The molecule has 25 heavy (non-hydrogen) atoms. The van der Waals surface area contributed by atoms with Gasteiger partial charge in [0.1, 0.15) is 0 Å². The van der Waals surface area contributed by atoms with Crippen molar-refractivity contribution in [2.75, 3.05) is 6.54 Å². The first-order valence-electron chi connectivity index (χ1n) is 7.68. The van der Waals surface area contributed by atoms with Gasteiger partial charge in [0.05, 0.1) is 18.0 Å². The molecule has 0 saturated carbocycles. The van der Waals surface area contributed by atoms with Crippen molar-refractivity contribution in [1.82, 2.24) is 19.5 Å². The van der Waals surface area contributed by atoms with Crippen LogP contribution in [0.1, 0.15) is 5.56 Å². The molecule has 0 spiro atoms. The standard InChI is InChI=1S/C17H17ClN4O2S/c18-16-4-2-1-3-15(16)13-25(23,24)20-10-12-22-11-7-17(21-22)14-5-8-19-9-6-14/h1-9,11,20H,10,12-13H2. The van der Waals surface area contributed by atoms with E-state index in [0.29, 0.717) is 17.1 Å². The summed E-state index contributed by atoms with van der Waals surface area (Å²) in [5.74, 6) is -0.145. The predicted octanol–water partition coefficient (Wildman–Crippen LogP) is 2.72. The molecule has 0 amide bonds. The molecule has 3 aromatic rings.